The van der Waals surface area contributed by atoms with E-state index < -0.39 is 5.95 Å². The minimum absolute atomic E-state index is 0.0937. The number of thiazole rings is 1. The highest BCUT2D eigenvalue weighted by Crippen LogP contribution is 2.60. The molecular weight excluding hydrogens is 773 g/mol. The summed E-state index contributed by atoms with van der Waals surface area (Å²) >= 11 is 1.48. The molecule has 13 nitrogen and oxygen atoms in total. The molecule has 5 aliphatic rings. The Morgan fingerprint density at radius 1 is 1.08 bits per heavy atom. The van der Waals surface area contributed by atoms with Crippen LogP contribution in [0, 0.1) is 29.1 Å². The zero-order valence-corrected chi connectivity index (χ0v) is 37.2. The van der Waals surface area contributed by atoms with Gasteiger partial charge in [-0.15, -0.1) is 0 Å². The zero-order chi connectivity index (χ0) is 42.4. The summed E-state index contributed by atoms with van der Waals surface area (Å²) in [4.78, 5) is 16.0. The van der Waals surface area contributed by atoms with Gasteiger partial charge in [0.2, 0.25) is 5.13 Å². The highest BCUT2D eigenvalue weighted by atomic mass is 32.1. The number of likely N-dealkylation sites (N-methyl/N-ethyl adjacent to an activating group) is 1. The molecule has 60 heavy (non-hydrogen) atoms. The predicted octanol–water partition coefficient (Wildman–Crippen LogP) is 8.01. The Hall–Kier alpha value is -4.50. The molecule has 2 aromatic heterocycles. The van der Waals surface area contributed by atoms with Crippen molar-refractivity contribution in [3.8, 4) is 0 Å². The SMILES string of the molecule is CCC1(Cn2ncc(C3=CC=C(N4CCC/C(=C(C)/C(N)=N\c5nc6ccccc6s5)C4=N)NC3=C(O)O)c2C)CC2CC(C)(OCCN3CCN(C)CC3)C[C@@](C)(C2)C1. The summed E-state index contributed by atoms with van der Waals surface area (Å²) < 4.78 is 9.96. The molecule has 0 spiro atoms. The van der Waals surface area contributed by atoms with Gasteiger partial charge < -0.3 is 35.8 Å². The van der Waals surface area contributed by atoms with Crippen molar-refractivity contribution >= 4 is 43.9 Å². The molecule has 4 fully saturated rings. The quantitative estimate of drug-likeness (QED) is 0.0726. The van der Waals surface area contributed by atoms with Crippen LogP contribution in [0.25, 0.3) is 15.8 Å². The Bertz CT molecular complexity index is 2240. The van der Waals surface area contributed by atoms with Crippen LogP contribution in [0.4, 0.5) is 5.13 Å². The normalized spacial score (nSPS) is 29.1. The highest BCUT2D eigenvalue weighted by Gasteiger charge is 2.53. The molecule has 2 saturated carbocycles. The van der Waals surface area contributed by atoms with Gasteiger partial charge in [-0.25, -0.2) is 9.98 Å². The van der Waals surface area contributed by atoms with Crippen LogP contribution in [0.1, 0.15) is 90.3 Å². The van der Waals surface area contributed by atoms with Crippen LogP contribution in [-0.2, 0) is 11.3 Å². The fourth-order valence-electron chi connectivity index (χ4n) is 11.3. The van der Waals surface area contributed by atoms with Crippen molar-refractivity contribution in [2.75, 3.05) is 52.9 Å². The molecule has 2 saturated heterocycles. The first kappa shape index (κ1) is 42.2. The van der Waals surface area contributed by atoms with E-state index >= 15 is 0 Å². The largest absolute Gasteiger partial charge is 0.480 e. The standard InChI is InChI=1S/C46H64N10O3S/c1-7-46(25-32-23-44(4,28-46)27-45(5,24-32)59-22-21-54-19-17-53(6)18-20-54)29-56-31(3)35(26-49-56)34-14-15-38(51-39(34)42(57)58)55-16-10-11-33(41(55)48)30(2)40(47)52-43-50-36-12-8-9-13-37(36)60-43/h8-9,12-15,26,32,48,51,57-58H,7,10-11,16-25,27-29H2,1-6H3,(H2,47,50,52)/b33-30-,48-41?/t32?,44-,45?,46?/m1/s1. The number of aliphatic hydroxyl groups is 2. The van der Waals surface area contributed by atoms with E-state index in [0.717, 1.165) is 117 Å². The van der Waals surface area contributed by atoms with Gasteiger partial charge in [0.25, 0.3) is 5.95 Å². The maximum absolute atomic E-state index is 10.7. The minimum Gasteiger partial charge on any atom is -0.480 e. The number of amidine groups is 2. The lowest BCUT2D eigenvalue weighted by molar-refractivity contribution is -0.146. The molecule has 3 aromatic rings. The molecule has 0 amide bonds. The number of nitrogens with zero attached hydrogens (tertiary/aromatic N) is 7. The summed E-state index contributed by atoms with van der Waals surface area (Å²) in [6.07, 6.45) is 13.9. The van der Waals surface area contributed by atoms with E-state index in [2.05, 4.69) is 64.5 Å². The number of aromatic nitrogens is 3. The Labute approximate surface area is 358 Å². The van der Waals surface area contributed by atoms with E-state index in [0.29, 0.717) is 47.1 Å². The fraction of sp³-hybridized carbons (Fsp3) is 0.565. The summed E-state index contributed by atoms with van der Waals surface area (Å²) in [6, 6.07) is 7.90. The summed E-state index contributed by atoms with van der Waals surface area (Å²) in [5.74, 6) is 1.00. The summed E-state index contributed by atoms with van der Waals surface area (Å²) in [5.41, 5.74) is 11.8. The molecule has 14 heteroatoms. The van der Waals surface area contributed by atoms with Crippen LogP contribution in [0.15, 0.2) is 76.2 Å². The lowest BCUT2D eigenvalue weighted by Crippen LogP contribution is -2.52. The number of rotatable bonds is 11. The minimum atomic E-state index is -0.812. The van der Waals surface area contributed by atoms with Crippen molar-refractivity contribution in [3.63, 3.8) is 0 Å². The maximum atomic E-state index is 10.7. The second-order valence-electron chi connectivity index (χ2n) is 18.9. The van der Waals surface area contributed by atoms with Gasteiger partial charge in [0.1, 0.15) is 23.2 Å². The number of benzene rings is 1. The van der Waals surface area contributed by atoms with Gasteiger partial charge in [0, 0.05) is 68.2 Å². The molecule has 5 heterocycles. The molecule has 4 atom stereocenters. The number of allylic oxidation sites excluding steroid dienone is 3. The molecule has 322 valence electrons. The number of piperidine rings is 1. The Morgan fingerprint density at radius 3 is 2.60 bits per heavy atom. The Morgan fingerprint density at radius 2 is 1.87 bits per heavy atom. The van der Waals surface area contributed by atoms with Crippen LogP contribution >= 0.6 is 11.3 Å². The number of nitrogens with two attached hydrogens (primary N) is 1. The van der Waals surface area contributed by atoms with Gasteiger partial charge in [0.05, 0.1) is 28.6 Å². The van der Waals surface area contributed by atoms with E-state index in [1.807, 2.05) is 54.4 Å². The van der Waals surface area contributed by atoms with E-state index in [9.17, 15) is 15.6 Å². The predicted molar refractivity (Wildman–Crippen MR) is 241 cm³/mol. The second kappa shape index (κ2) is 16.8. The van der Waals surface area contributed by atoms with Gasteiger partial charge in [-0.1, -0.05) is 37.3 Å². The van der Waals surface area contributed by atoms with Crippen molar-refractivity contribution in [3.05, 3.63) is 82.5 Å². The monoisotopic (exact) mass is 836 g/mol. The van der Waals surface area contributed by atoms with Crippen LogP contribution < -0.4 is 11.1 Å². The second-order valence-corrected chi connectivity index (χ2v) is 19.9. The van der Waals surface area contributed by atoms with E-state index in [-0.39, 0.29) is 22.1 Å². The van der Waals surface area contributed by atoms with E-state index in [1.54, 1.807) is 0 Å². The molecule has 6 N–H and O–H groups in total. The number of hydrogen-bond donors (Lipinski definition) is 5. The first-order valence-electron chi connectivity index (χ1n) is 21.8. The smallest absolute Gasteiger partial charge is 0.299 e. The summed E-state index contributed by atoms with van der Waals surface area (Å²) in [7, 11) is 2.20. The number of fused-ring (bicyclic) bond motifs is 3. The van der Waals surface area contributed by atoms with Crippen molar-refractivity contribution in [2.24, 2.45) is 27.5 Å². The molecular formula is C46H64N10O3S. The van der Waals surface area contributed by atoms with Crippen molar-refractivity contribution in [1.82, 2.24) is 34.8 Å². The molecule has 2 aliphatic carbocycles. The van der Waals surface area contributed by atoms with Crippen molar-refractivity contribution in [1.29, 1.82) is 5.41 Å². The van der Waals surface area contributed by atoms with Gasteiger partial charge in [-0.3, -0.25) is 15.0 Å². The lowest BCUT2D eigenvalue weighted by Gasteiger charge is -2.57. The number of para-hydroxylation sites is 1. The van der Waals surface area contributed by atoms with E-state index in [4.69, 9.17) is 15.6 Å². The molecule has 3 unspecified atom stereocenters. The third kappa shape index (κ3) is 8.66. The first-order chi connectivity index (χ1) is 28.7. The zero-order valence-electron chi connectivity index (χ0n) is 36.4. The van der Waals surface area contributed by atoms with Crippen LogP contribution in [-0.4, -0.2) is 110 Å². The molecule has 3 aliphatic heterocycles. The van der Waals surface area contributed by atoms with Crippen LogP contribution in [0.2, 0.25) is 0 Å². The number of nitrogens with one attached hydrogen (secondary N) is 2. The Balaban J connectivity index is 0.965. The maximum Gasteiger partial charge on any atom is 0.299 e. The summed E-state index contributed by atoms with van der Waals surface area (Å²) in [5, 5.41) is 39.4. The van der Waals surface area contributed by atoms with Crippen LogP contribution in [0.5, 0.6) is 0 Å². The topological polar surface area (TPSA) is 164 Å². The summed E-state index contributed by atoms with van der Waals surface area (Å²) in [6.45, 7) is 18.9. The number of aliphatic imine (C=N–C) groups is 1. The van der Waals surface area contributed by atoms with Gasteiger partial charge in [-0.05, 0) is 126 Å². The third-order valence-electron chi connectivity index (χ3n) is 14.1. The third-order valence-corrected chi connectivity index (χ3v) is 15.0. The van der Waals surface area contributed by atoms with Crippen LogP contribution in [0.3, 0.4) is 0 Å². The fourth-order valence-corrected chi connectivity index (χ4v) is 12.1. The van der Waals surface area contributed by atoms with E-state index in [1.165, 1.54) is 17.8 Å². The number of hydrogen-bond acceptors (Lipinski definition) is 11. The number of ether oxygens (including phenoxy) is 1. The highest BCUT2D eigenvalue weighted by molar-refractivity contribution is 7.22. The molecule has 8 rings (SSSR count). The average Bonchev–Trinajstić information content (AvgIpc) is 3.79. The molecule has 1 aromatic carbocycles. The lowest BCUT2D eigenvalue weighted by atomic mass is 9.51. The average molecular weight is 837 g/mol. The molecule has 2 bridgehead atoms. The number of likely N-dealkylation sites (tertiary alicyclic amines) is 1. The first-order valence-corrected chi connectivity index (χ1v) is 22.6. The van der Waals surface area contributed by atoms with Crippen molar-refractivity contribution in [2.45, 2.75) is 98.1 Å². The number of piperazine rings is 1. The Kier molecular flexibility index (Phi) is 11.8. The number of aliphatic hydroxyl groups excluding tert-OH is 1. The van der Waals surface area contributed by atoms with Gasteiger partial charge in [-0.2, -0.15) is 5.10 Å². The van der Waals surface area contributed by atoms with Crippen molar-refractivity contribution < 1.29 is 14.9 Å². The van der Waals surface area contributed by atoms with Gasteiger partial charge >= 0.3 is 0 Å². The number of dihydropyridines is 1. The molecule has 0 radical (unpaired) electrons. The van der Waals surface area contributed by atoms with Gasteiger partial charge in [0.15, 0.2) is 0 Å².